The Kier molecular flexibility index (Phi) is 4.38. The topological polar surface area (TPSA) is 63.7 Å². The lowest BCUT2D eigenvalue weighted by Gasteiger charge is -2.39. The highest BCUT2D eigenvalue weighted by Crippen LogP contribution is 2.29. The van der Waals surface area contributed by atoms with Crippen LogP contribution in [-0.2, 0) is 21.2 Å². The highest BCUT2D eigenvalue weighted by atomic mass is 32.2. The number of ether oxygens (including phenoxy) is 1. The minimum atomic E-state index is -2.97. The summed E-state index contributed by atoms with van der Waals surface area (Å²) in [5.74, 6) is 0.273. The maximum absolute atomic E-state index is 12.1. The molecule has 1 aromatic rings. The van der Waals surface area contributed by atoms with E-state index in [2.05, 4.69) is 0 Å². The predicted molar refractivity (Wildman–Crippen MR) is 83.1 cm³/mol. The number of hydrogen-bond donors (Lipinski definition) is 0. The number of benzene rings is 1. The first-order chi connectivity index (χ1) is 10.5. The van der Waals surface area contributed by atoms with E-state index in [-0.39, 0.29) is 29.6 Å². The Balaban J connectivity index is 1.40. The lowest BCUT2D eigenvalue weighted by Crippen LogP contribution is -2.53. The standard InChI is InChI=1S/C16H21NO4S/c18-16(21-11-13-5-2-1-3-6-13)17-9-14(10-17)12-22(19,20)15-7-4-8-15/h1-3,5-6,14-15H,4,7-12H2. The minimum absolute atomic E-state index is 0.0647. The molecule has 0 radical (unpaired) electrons. The van der Waals surface area contributed by atoms with Gasteiger partial charge in [0.1, 0.15) is 6.61 Å². The fourth-order valence-electron chi connectivity index (χ4n) is 2.83. The van der Waals surface area contributed by atoms with E-state index in [0.29, 0.717) is 13.1 Å². The molecule has 0 spiro atoms. The Hall–Kier alpha value is -1.56. The molecule has 0 atom stereocenters. The zero-order valence-electron chi connectivity index (χ0n) is 12.5. The maximum atomic E-state index is 12.1. The van der Waals surface area contributed by atoms with Gasteiger partial charge in [-0.15, -0.1) is 0 Å². The third-order valence-electron chi connectivity index (χ3n) is 4.45. The molecular weight excluding hydrogens is 302 g/mol. The van der Waals surface area contributed by atoms with Crippen molar-refractivity contribution in [2.24, 2.45) is 5.92 Å². The van der Waals surface area contributed by atoms with Crippen molar-refractivity contribution in [3.05, 3.63) is 35.9 Å². The number of hydrogen-bond acceptors (Lipinski definition) is 4. The summed E-state index contributed by atoms with van der Waals surface area (Å²) in [5, 5.41) is -0.133. The van der Waals surface area contributed by atoms with Gasteiger partial charge in [0.25, 0.3) is 0 Å². The van der Waals surface area contributed by atoms with E-state index in [1.807, 2.05) is 30.3 Å². The van der Waals surface area contributed by atoms with Gasteiger partial charge in [0.15, 0.2) is 9.84 Å². The molecular formula is C16H21NO4S. The Labute approximate surface area is 131 Å². The van der Waals surface area contributed by atoms with Gasteiger partial charge in [-0.1, -0.05) is 36.8 Å². The maximum Gasteiger partial charge on any atom is 0.410 e. The summed E-state index contributed by atoms with van der Waals surface area (Å²) in [6.45, 7) is 1.22. The van der Waals surface area contributed by atoms with E-state index >= 15 is 0 Å². The van der Waals surface area contributed by atoms with Crippen molar-refractivity contribution in [1.29, 1.82) is 0 Å². The lowest BCUT2D eigenvalue weighted by molar-refractivity contribution is 0.0548. The lowest BCUT2D eigenvalue weighted by atomic mass is 10.00. The second-order valence-corrected chi connectivity index (χ2v) is 8.52. The molecule has 22 heavy (non-hydrogen) atoms. The molecule has 1 aliphatic heterocycles. The molecule has 0 bridgehead atoms. The van der Waals surface area contributed by atoms with Crippen LogP contribution in [0.2, 0.25) is 0 Å². The molecule has 1 saturated heterocycles. The van der Waals surface area contributed by atoms with Crippen molar-refractivity contribution in [3.63, 3.8) is 0 Å². The molecule has 1 aromatic carbocycles. The Bertz CT molecular complexity index is 619. The molecule has 1 aliphatic carbocycles. The molecule has 120 valence electrons. The predicted octanol–water partition coefficient (Wildman–Crippen LogP) is 2.22. The summed E-state index contributed by atoms with van der Waals surface area (Å²) in [7, 11) is -2.97. The molecule has 2 aliphatic rings. The summed E-state index contributed by atoms with van der Waals surface area (Å²) < 4.78 is 29.4. The van der Waals surface area contributed by atoms with Gasteiger partial charge >= 0.3 is 6.09 Å². The monoisotopic (exact) mass is 323 g/mol. The van der Waals surface area contributed by atoms with Crippen LogP contribution < -0.4 is 0 Å². The molecule has 0 aromatic heterocycles. The van der Waals surface area contributed by atoms with Crippen LogP contribution in [0.3, 0.4) is 0 Å². The average Bonchev–Trinajstić information content (AvgIpc) is 2.38. The SMILES string of the molecule is O=C(OCc1ccccc1)N1CC(CS(=O)(=O)C2CCC2)C1. The second-order valence-electron chi connectivity index (χ2n) is 6.19. The van der Waals surface area contributed by atoms with E-state index in [9.17, 15) is 13.2 Å². The van der Waals surface area contributed by atoms with Crippen LogP contribution in [0.4, 0.5) is 4.79 Å². The number of carbonyl (C=O) groups excluding carboxylic acids is 1. The summed E-state index contributed by atoms with van der Waals surface area (Å²) in [5.41, 5.74) is 0.945. The van der Waals surface area contributed by atoms with Crippen LogP contribution in [0, 0.1) is 5.92 Å². The van der Waals surface area contributed by atoms with Crippen molar-refractivity contribution in [2.45, 2.75) is 31.1 Å². The van der Waals surface area contributed by atoms with Crippen LogP contribution >= 0.6 is 0 Å². The van der Waals surface area contributed by atoms with Crippen molar-refractivity contribution in [1.82, 2.24) is 4.90 Å². The van der Waals surface area contributed by atoms with E-state index in [0.717, 1.165) is 24.8 Å². The van der Waals surface area contributed by atoms with E-state index < -0.39 is 9.84 Å². The zero-order valence-corrected chi connectivity index (χ0v) is 13.3. The van der Waals surface area contributed by atoms with Gasteiger partial charge in [-0.3, -0.25) is 0 Å². The van der Waals surface area contributed by atoms with Gasteiger partial charge in [0.2, 0.25) is 0 Å². The first-order valence-electron chi connectivity index (χ1n) is 7.72. The molecule has 5 nitrogen and oxygen atoms in total. The summed E-state index contributed by atoms with van der Waals surface area (Å²) >= 11 is 0. The molecule has 1 amide bonds. The molecule has 0 unspecified atom stereocenters. The van der Waals surface area contributed by atoms with E-state index in [4.69, 9.17) is 4.74 Å². The van der Waals surface area contributed by atoms with Gasteiger partial charge in [-0.05, 0) is 18.4 Å². The largest absolute Gasteiger partial charge is 0.445 e. The van der Waals surface area contributed by atoms with Gasteiger partial charge < -0.3 is 9.64 Å². The minimum Gasteiger partial charge on any atom is -0.445 e. The van der Waals surface area contributed by atoms with Crippen molar-refractivity contribution in [3.8, 4) is 0 Å². The molecule has 1 heterocycles. The molecule has 3 rings (SSSR count). The van der Waals surface area contributed by atoms with Crippen LogP contribution in [0.15, 0.2) is 30.3 Å². The summed E-state index contributed by atoms with van der Waals surface area (Å²) in [6.07, 6.45) is 2.27. The van der Waals surface area contributed by atoms with Crippen LogP contribution in [0.1, 0.15) is 24.8 Å². The first kappa shape index (κ1) is 15.3. The molecule has 1 saturated carbocycles. The average molecular weight is 323 g/mol. The summed E-state index contributed by atoms with van der Waals surface area (Å²) in [4.78, 5) is 13.4. The van der Waals surface area contributed by atoms with Crippen LogP contribution in [0.5, 0.6) is 0 Å². The Morgan fingerprint density at radius 3 is 2.45 bits per heavy atom. The third-order valence-corrected chi connectivity index (χ3v) is 6.87. The highest BCUT2D eigenvalue weighted by Gasteiger charge is 2.39. The van der Waals surface area contributed by atoms with Gasteiger partial charge in [-0.2, -0.15) is 0 Å². The summed E-state index contributed by atoms with van der Waals surface area (Å²) in [6, 6.07) is 9.50. The second kappa shape index (κ2) is 6.28. The van der Waals surface area contributed by atoms with Crippen molar-refractivity contribution in [2.75, 3.05) is 18.8 Å². The number of rotatable bonds is 5. The van der Waals surface area contributed by atoms with Crippen molar-refractivity contribution >= 4 is 15.9 Å². The Morgan fingerprint density at radius 1 is 1.18 bits per heavy atom. The third kappa shape index (κ3) is 3.43. The first-order valence-corrected chi connectivity index (χ1v) is 9.43. The van der Waals surface area contributed by atoms with Crippen LogP contribution in [0.25, 0.3) is 0 Å². The van der Waals surface area contributed by atoms with Crippen molar-refractivity contribution < 1.29 is 17.9 Å². The van der Waals surface area contributed by atoms with Gasteiger partial charge in [0, 0.05) is 19.0 Å². The fraction of sp³-hybridized carbons (Fsp3) is 0.562. The molecule has 2 fully saturated rings. The highest BCUT2D eigenvalue weighted by molar-refractivity contribution is 7.92. The quantitative estimate of drug-likeness (QED) is 0.833. The van der Waals surface area contributed by atoms with Gasteiger partial charge in [0.05, 0.1) is 11.0 Å². The zero-order chi connectivity index (χ0) is 15.6. The normalized spacial score (nSPS) is 19.4. The number of amides is 1. The number of nitrogens with zero attached hydrogens (tertiary/aromatic N) is 1. The number of likely N-dealkylation sites (tertiary alicyclic amines) is 1. The molecule has 6 heteroatoms. The number of carbonyl (C=O) groups is 1. The Morgan fingerprint density at radius 2 is 1.86 bits per heavy atom. The number of sulfone groups is 1. The van der Waals surface area contributed by atoms with Gasteiger partial charge in [-0.25, -0.2) is 13.2 Å². The smallest absolute Gasteiger partial charge is 0.410 e. The fourth-order valence-corrected chi connectivity index (χ4v) is 5.02. The van der Waals surface area contributed by atoms with E-state index in [1.54, 1.807) is 4.90 Å². The van der Waals surface area contributed by atoms with Crippen LogP contribution in [-0.4, -0.2) is 43.5 Å². The van der Waals surface area contributed by atoms with E-state index in [1.165, 1.54) is 0 Å². The molecule has 0 N–H and O–H groups in total.